The van der Waals surface area contributed by atoms with Crippen LogP contribution in [-0.4, -0.2) is 22.2 Å². The van der Waals surface area contributed by atoms with Gasteiger partial charge in [0.25, 0.3) is 5.91 Å². The third-order valence-electron chi connectivity index (χ3n) is 3.69. The van der Waals surface area contributed by atoms with Gasteiger partial charge in [0.1, 0.15) is 11.4 Å². The lowest BCUT2D eigenvalue weighted by Crippen LogP contribution is -2.48. The van der Waals surface area contributed by atoms with Gasteiger partial charge in [0, 0.05) is 11.9 Å². The fraction of sp³-hybridized carbons (Fsp3) is 0.462. The first-order valence-corrected chi connectivity index (χ1v) is 6.94. The van der Waals surface area contributed by atoms with Gasteiger partial charge in [0.2, 0.25) is 5.82 Å². The Morgan fingerprint density at radius 2 is 2.00 bits per heavy atom. The monoisotopic (exact) mass is 318 g/mol. The highest BCUT2D eigenvalue weighted by Gasteiger charge is 2.36. The largest absolute Gasteiger partial charge is 0.345 e. The van der Waals surface area contributed by atoms with Crippen molar-refractivity contribution in [1.82, 2.24) is 5.32 Å². The molecule has 21 heavy (non-hydrogen) atoms. The van der Waals surface area contributed by atoms with E-state index < -0.39 is 39.3 Å². The molecule has 1 N–H and O–H groups in total. The zero-order valence-electron chi connectivity index (χ0n) is 11.0. The molecule has 1 amide bonds. The van der Waals surface area contributed by atoms with Gasteiger partial charge in [-0.2, -0.15) is 4.39 Å². The Balaban J connectivity index is 2.35. The van der Waals surface area contributed by atoms with E-state index in [1.54, 1.807) is 0 Å². The van der Waals surface area contributed by atoms with Gasteiger partial charge in [-0.1, -0.05) is 12.8 Å². The van der Waals surface area contributed by atoms with Crippen LogP contribution < -0.4 is 5.32 Å². The zero-order valence-corrected chi connectivity index (χ0v) is 11.8. The topological polar surface area (TPSA) is 72.2 Å². The van der Waals surface area contributed by atoms with Crippen LogP contribution in [0.25, 0.3) is 0 Å². The average molecular weight is 319 g/mol. The van der Waals surface area contributed by atoms with E-state index in [9.17, 15) is 23.7 Å². The first-order valence-electron chi connectivity index (χ1n) is 6.41. The van der Waals surface area contributed by atoms with Crippen LogP contribution in [-0.2, 0) is 0 Å². The number of carbonyl (C=O) groups is 1. The SMILES string of the molecule is O=C(NC1(CCl)CCCC1)c1c(F)ccc([N+](=O)[O-])c1F. The molecule has 1 saturated carbocycles. The molecule has 0 atom stereocenters. The molecule has 1 aliphatic carbocycles. The summed E-state index contributed by atoms with van der Waals surface area (Å²) >= 11 is 5.85. The second-order valence-corrected chi connectivity index (χ2v) is 5.36. The van der Waals surface area contributed by atoms with E-state index in [0.29, 0.717) is 25.0 Å². The Morgan fingerprint density at radius 3 is 2.52 bits per heavy atom. The Labute approximate surface area is 124 Å². The molecular formula is C13H13ClF2N2O3. The maximum absolute atomic E-state index is 14.0. The standard InChI is InChI=1S/C13H13ClF2N2O3/c14-7-13(5-1-2-6-13)17-12(19)10-8(15)3-4-9(11(10)16)18(20)21/h3-4H,1-2,5-7H2,(H,17,19). The number of hydrogen-bond acceptors (Lipinski definition) is 3. The minimum atomic E-state index is -1.47. The van der Waals surface area contributed by atoms with E-state index in [1.807, 2.05) is 0 Å². The normalized spacial score (nSPS) is 16.7. The number of nitrogens with zero attached hydrogens (tertiary/aromatic N) is 1. The van der Waals surface area contributed by atoms with Crippen LogP contribution in [0.4, 0.5) is 14.5 Å². The molecule has 8 heteroatoms. The number of nitro groups is 1. The minimum Gasteiger partial charge on any atom is -0.345 e. The van der Waals surface area contributed by atoms with Crippen LogP contribution in [0.3, 0.4) is 0 Å². The molecule has 2 rings (SSSR count). The summed E-state index contributed by atoms with van der Waals surface area (Å²) in [6.07, 6.45) is 2.93. The number of nitro benzene ring substituents is 1. The van der Waals surface area contributed by atoms with Gasteiger partial charge in [0.15, 0.2) is 0 Å². The number of carbonyl (C=O) groups excluding carboxylic acids is 1. The second-order valence-electron chi connectivity index (χ2n) is 5.09. The van der Waals surface area contributed by atoms with Crippen molar-refractivity contribution < 1.29 is 18.5 Å². The number of amides is 1. The third-order valence-corrected chi connectivity index (χ3v) is 4.20. The van der Waals surface area contributed by atoms with Crippen LogP contribution >= 0.6 is 11.6 Å². The molecule has 1 aromatic rings. The highest BCUT2D eigenvalue weighted by atomic mass is 35.5. The van der Waals surface area contributed by atoms with Crippen molar-refractivity contribution >= 4 is 23.2 Å². The van der Waals surface area contributed by atoms with Crippen molar-refractivity contribution in [1.29, 1.82) is 0 Å². The molecule has 1 aliphatic rings. The van der Waals surface area contributed by atoms with E-state index in [1.165, 1.54) is 0 Å². The van der Waals surface area contributed by atoms with E-state index in [4.69, 9.17) is 11.6 Å². The molecule has 114 valence electrons. The molecule has 0 aliphatic heterocycles. The second kappa shape index (κ2) is 5.93. The Bertz CT molecular complexity index is 589. The number of nitrogens with one attached hydrogen (secondary N) is 1. The highest BCUT2D eigenvalue weighted by Crippen LogP contribution is 2.32. The van der Waals surface area contributed by atoms with Crippen LogP contribution in [0.1, 0.15) is 36.0 Å². The number of alkyl halides is 1. The predicted octanol–water partition coefficient (Wildman–Crippen LogP) is 3.15. The van der Waals surface area contributed by atoms with Gasteiger partial charge in [-0.15, -0.1) is 11.6 Å². The summed E-state index contributed by atoms with van der Waals surface area (Å²) in [7, 11) is 0. The fourth-order valence-electron chi connectivity index (χ4n) is 2.54. The summed E-state index contributed by atoms with van der Waals surface area (Å²) < 4.78 is 27.7. The molecule has 0 heterocycles. The van der Waals surface area contributed by atoms with Crippen LogP contribution in [0, 0.1) is 21.7 Å². The van der Waals surface area contributed by atoms with Crippen molar-refractivity contribution in [3.05, 3.63) is 39.4 Å². The third kappa shape index (κ3) is 2.97. The quantitative estimate of drug-likeness (QED) is 0.526. The lowest BCUT2D eigenvalue weighted by molar-refractivity contribution is -0.387. The maximum atomic E-state index is 14.0. The molecule has 0 saturated heterocycles. The minimum absolute atomic E-state index is 0.122. The highest BCUT2D eigenvalue weighted by molar-refractivity contribution is 6.19. The molecule has 0 bridgehead atoms. The Hall–Kier alpha value is -1.76. The zero-order chi connectivity index (χ0) is 15.6. The van der Waals surface area contributed by atoms with Crippen LogP contribution in [0.2, 0.25) is 0 Å². The number of rotatable bonds is 4. The molecule has 0 aromatic heterocycles. The first-order chi connectivity index (χ1) is 9.90. The van der Waals surface area contributed by atoms with Crippen molar-refractivity contribution in [2.45, 2.75) is 31.2 Å². The summed E-state index contributed by atoms with van der Waals surface area (Å²) in [5.41, 5.74) is -2.59. The summed E-state index contributed by atoms with van der Waals surface area (Å²) in [4.78, 5) is 21.8. The van der Waals surface area contributed by atoms with E-state index in [-0.39, 0.29) is 5.88 Å². The van der Waals surface area contributed by atoms with Gasteiger partial charge in [0.05, 0.1) is 10.5 Å². The van der Waals surface area contributed by atoms with Gasteiger partial charge in [-0.3, -0.25) is 14.9 Å². The Kier molecular flexibility index (Phi) is 4.41. The van der Waals surface area contributed by atoms with Crippen LogP contribution in [0.15, 0.2) is 12.1 Å². The smallest absolute Gasteiger partial charge is 0.305 e. The number of halogens is 3. The Morgan fingerprint density at radius 1 is 1.38 bits per heavy atom. The molecule has 1 fully saturated rings. The van der Waals surface area contributed by atoms with Crippen molar-refractivity contribution in [3.63, 3.8) is 0 Å². The lowest BCUT2D eigenvalue weighted by Gasteiger charge is -2.27. The van der Waals surface area contributed by atoms with E-state index in [2.05, 4.69) is 5.32 Å². The molecule has 5 nitrogen and oxygen atoms in total. The van der Waals surface area contributed by atoms with Crippen molar-refractivity contribution in [2.75, 3.05) is 5.88 Å². The van der Waals surface area contributed by atoms with Crippen molar-refractivity contribution in [2.24, 2.45) is 0 Å². The number of hydrogen-bond donors (Lipinski definition) is 1. The summed E-state index contributed by atoms with van der Waals surface area (Å²) in [5.74, 6) is -3.51. The first kappa shape index (κ1) is 15.6. The van der Waals surface area contributed by atoms with E-state index in [0.717, 1.165) is 12.8 Å². The van der Waals surface area contributed by atoms with Crippen LogP contribution in [0.5, 0.6) is 0 Å². The molecule has 1 aromatic carbocycles. The summed E-state index contributed by atoms with van der Waals surface area (Å²) in [6, 6.07) is 1.40. The average Bonchev–Trinajstić information content (AvgIpc) is 2.87. The van der Waals surface area contributed by atoms with Gasteiger partial charge in [-0.25, -0.2) is 4.39 Å². The summed E-state index contributed by atoms with van der Waals surface area (Å²) in [6.45, 7) is 0. The molecule has 0 unspecified atom stereocenters. The molecular weight excluding hydrogens is 306 g/mol. The van der Waals surface area contributed by atoms with Gasteiger partial charge < -0.3 is 5.32 Å². The van der Waals surface area contributed by atoms with Gasteiger partial charge in [-0.05, 0) is 18.9 Å². The van der Waals surface area contributed by atoms with E-state index >= 15 is 0 Å². The van der Waals surface area contributed by atoms with Crippen molar-refractivity contribution in [3.8, 4) is 0 Å². The summed E-state index contributed by atoms with van der Waals surface area (Å²) in [5, 5.41) is 13.2. The fourth-order valence-corrected chi connectivity index (χ4v) is 2.87. The lowest BCUT2D eigenvalue weighted by atomic mass is 9.99. The maximum Gasteiger partial charge on any atom is 0.305 e. The molecule has 0 spiro atoms. The van der Waals surface area contributed by atoms with Gasteiger partial charge >= 0.3 is 5.69 Å². The number of benzene rings is 1. The molecule has 0 radical (unpaired) electrons. The predicted molar refractivity (Wildman–Crippen MR) is 72.4 cm³/mol.